The first-order valence-electron chi connectivity index (χ1n) is 8.19. The highest BCUT2D eigenvalue weighted by molar-refractivity contribution is 5.77. The lowest BCUT2D eigenvalue weighted by Gasteiger charge is -2.18. The van der Waals surface area contributed by atoms with Crippen molar-refractivity contribution >= 4 is 5.91 Å². The van der Waals surface area contributed by atoms with Crippen LogP contribution in [0.15, 0.2) is 48.5 Å². The molecule has 0 aliphatic carbocycles. The highest BCUT2D eigenvalue weighted by atomic mass is 16.5. The first-order chi connectivity index (χ1) is 11.4. The van der Waals surface area contributed by atoms with E-state index in [2.05, 4.69) is 12.2 Å². The average molecular weight is 327 g/mol. The average Bonchev–Trinajstić information content (AvgIpc) is 2.58. The van der Waals surface area contributed by atoms with Crippen LogP contribution >= 0.6 is 0 Å². The van der Waals surface area contributed by atoms with Gasteiger partial charge in [0.2, 0.25) is 0 Å². The van der Waals surface area contributed by atoms with Gasteiger partial charge in [-0.25, -0.2) is 0 Å². The molecule has 0 aromatic heterocycles. The summed E-state index contributed by atoms with van der Waals surface area (Å²) in [4.78, 5) is 11.9. The maximum absolute atomic E-state index is 11.9. The van der Waals surface area contributed by atoms with Gasteiger partial charge in [0.25, 0.3) is 5.91 Å². The van der Waals surface area contributed by atoms with Crippen molar-refractivity contribution in [2.24, 2.45) is 0 Å². The van der Waals surface area contributed by atoms with E-state index in [-0.39, 0.29) is 12.5 Å². The number of aliphatic hydroxyl groups is 1. The smallest absolute Gasteiger partial charge is 0.258 e. The van der Waals surface area contributed by atoms with E-state index in [0.29, 0.717) is 6.54 Å². The molecule has 0 unspecified atom stereocenters. The predicted octanol–water partition coefficient (Wildman–Crippen LogP) is 3.17. The molecule has 0 fully saturated rings. The SMILES string of the molecule is CCc1ccccc1OCC(=O)NCc1ccc(C(C)(C)O)cc1. The molecule has 0 spiro atoms. The molecule has 0 saturated heterocycles. The van der Waals surface area contributed by atoms with Gasteiger partial charge >= 0.3 is 0 Å². The fourth-order valence-electron chi connectivity index (χ4n) is 2.36. The minimum atomic E-state index is -0.859. The molecular weight excluding hydrogens is 302 g/mol. The van der Waals surface area contributed by atoms with Gasteiger partial charge in [0.05, 0.1) is 5.60 Å². The third kappa shape index (κ3) is 5.10. The van der Waals surface area contributed by atoms with E-state index >= 15 is 0 Å². The lowest BCUT2D eigenvalue weighted by Crippen LogP contribution is -2.28. The molecule has 4 nitrogen and oxygen atoms in total. The van der Waals surface area contributed by atoms with Crippen LogP contribution in [0.5, 0.6) is 5.75 Å². The molecule has 1 amide bonds. The van der Waals surface area contributed by atoms with Crippen molar-refractivity contribution in [2.75, 3.05) is 6.61 Å². The molecule has 0 aliphatic rings. The number of amides is 1. The summed E-state index contributed by atoms with van der Waals surface area (Å²) in [6.45, 7) is 5.98. The predicted molar refractivity (Wildman–Crippen MR) is 94.8 cm³/mol. The van der Waals surface area contributed by atoms with Crippen molar-refractivity contribution in [1.82, 2.24) is 5.32 Å². The van der Waals surface area contributed by atoms with Crippen molar-refractivity contribution in [1.29, 1.82) is 0 Å². The van der Waals surface area contributed by atoms with Gasteiger partial charge in [0.1, 0.15) is 5.75 Å². The number of nitrogens with one attached hydrogen (secondary N) is 1. The van der Waals surface area contributed by atoms with E-state index in [1.165, 1.54) is 0 Å². The second-order valence-corrected chi connectivity index (χ2v) is 6.28. The number of hydrogen-bond donors (Lipinski definition) is 2. The van der Waals surface area contributed by atoms with Crippen molar-refractivity contribution in [3.05, 3.63) is 65.2 Å². The maximum atomic E-state index is 11.9. The Bertz CT molecular complexity index is 672. The zero-order valence-corrected chi connectivity index (χ0v) is 14.5. The zero-order chi connectivity index (χ0) is 17.6. The largest absolute Gasteiger partial charge is 0.483 e. The number of para-hydroxylation sites is 1. The van der Waals surface area contributed by atoms with Gasteiger partial charge in [-0.1, -0.05) is 49.4 Å². The number of hydrogen-bond acceptors (Lipinski definition) is 3. The van der Waals surface area contributed by atoms with Crippen LogP contribution in [-0.4, -0.2) is 17.6 Å². The fourth-order valence-corrected chi connectivity index (χ4v) is 2.36. The van der Waals surface area contributed by atoms with Gasteiger partial charge in [-0.2, -0.15) is 0 Å². The Kier molecular flexibility index (Phi) is 5.99. The van der Waals surface area contributed by atoms with Gasteiger partial charge in [0, 0.05) is 6.54 Å². The summed E-state index contributed by atoms with van der Waals surface area (Å²) in [5, 5.41) is 12.8. The third-order valence-corrected chi connectivity index (χ3v) is 3.86. The normalized spacial score (nSPS) is 11.2. The van der Waals surface area contributed by atoms with Crippen LogP contribution in [0.25, 0.3) is 0 Å². The summed E-state index contributed by atoms with van der Waals surface area (Å²) >= 11 is 0. The maximum Gasteiger partial charge on any atom is 0.258 e. The van der Waals surface area contributed by atoms with Crippen LogP contribution < -0.4 is 10.1 Å². The van der Waals surface area contributed by atoms with Crippen LogP contribution in [0.1, 0.15) is 37.5 Å². The molecule has 0 aliphatic heterocycles. The molecule has 128 valence electrons. The number of ether oxygens (including phenoxy) is 1. The number of aryl methyl sites for hydroxylation is 1. The standard InChI is InChI=1S/C20H25NO3/c1-4-16-7-5-6-8-18(16)24-14-19(22)21-13-15-9-11-17(12-10-15)20(2,3)23/h5-12,23H,4,13-14H2,1-3H3,(H,21,22). The molecule has 4 heteroatoms. The molecule has 0 atom stereocenters. The second kappa shape index (κ2) is 7.97. The van der Waals surface area contributed by atoms with Crippen LogP contribution in [-0.2, 0) is 23.4 Å². The summed E-state index contributed by atoms with van der Waals surface area (Å²) in [6, 6.07) is 15.3. The summed E-state index contributed by atoms with van der Waals surface area (Å²) in [6.07, 6.45) is 0.866. The molecule has 0 heterocycles. The molecule has 2 rings (SSSR count). The highest BCUT2D eigenvalue weighted by Gasteiger charge is 2.15. The van der Waals surface area contributed by atoms with Crippen LogP contribution in [0.3, 0.4) is 0 Å². The van der Waals surface area contributed by atoms with E-state index < -0.39 is 5.60 Å². The quantitative estimate of drug-likeness (QED) is 0.821. The lowest BCUT2D eigenvalue weighted by molar-refractivity contribution is -0.123. The van der Waals surface area contributed by atoms with Gasteiger partial charge in [0.15, 0.2) is 6.61 Å². The Morgan fingerprint density at radius 3 is 2.42 bits per heavy atom. The molecular formula is C20H25NO3. The number of carbonyl (C=O) groups is 1. The van der Waals surface area contributed by atoms with E-state index in [9.17, 15) is 9.90 Å². The topological polar surface area (TPSA) is 58.6 Å². The fraction of sp³-hybridized carbons (Fsp3) is 0.350. The Morgan fingerprint density at radius 1 is 1.12 bits per heavy atom. The molecule has 24 heavy (non-hydrogen) atoms. The van der Waals surface area contributed by atoms with Crippen molar-refractivity contribution < 1.29 is 14.6 Å². The monoisotopic (exact) mass is 327 g/mol. The summed E-state index contributed by atoms with van der Waals surface area (Å²) < 4.78 is 5.60. The van der Waals surface area contributed by atoms with Gasteiger partial charge in [-0.05, 0) is 43.0 Å². The van der Waals surface area contributed by atoms with Crippen LogP contribution in [0.2, 0.25) is 0 Å². The van der Waals surface area contributed by atoms with Crippen LogP contribution in [0.4, 0.5) is 0 Å². The summed E-state index contributed by atoms with van der Waals surface area (Å²) in [7, 11) is 0. The van der Waals surface area contributed by atoms with E-state index in [1.54, 1.807) is 13.8 Å². The molecule has 0 radical (unpaired) electrons. The van der Waals surface area contributed by atoms with Gasteiger partial charge in [-0.3, -0.25) is 4.79 Å². The number of rotatable bonds is 7. The lowest BCUT2D eigenvalue weighted by atomic mass is 9.97. The van der Waals surface area contributed by atoms with E-state index in [0.717, 1.165) is 28.9 Å². The van der Waals surface area contributed by atoms with E-state index in [1.807, 2.05) is 48.5 Å². The zero-order valence-electron chi connectivity index (χ0n) is 14.5. The Morgan fingerprint density at radius 2 is 1.79 bits per heavy atom. The molecule has 2 N–H and O–H groups in total. The first kappa shape index (κ1) is 18.0. The molecule has 2 aromatic rings. The van der Waals surface area contributed by atoms with Gasteiger partial charge < -0.3 is 15.2 Å². The highest BCUT2D eigenvalue weighted by Crippen LogP contribution is 2.20. The van der Waals surface area contributed by atoms with Crippen molar-refractivity contribution in [2.45, 2.75) is 39.3 Å². The minimum Gasteiger partial charge on any atom is -0.483 e. The third-order valence-electron chi connectivity index (χ3n) is 3.86. The van der Waals surface area contributed by atoms with E-state index in [4.69, 9.17) is 4.74 Å². The van der Waals surface area contributed by atoms with Gasteiger partial charge in [-0.15, -0.1) is 0 Å². The Labute approximate surface area is 143 Å². The molecule has 2 aromatic carbocycles. The minimum absolute atomic E-state index is 0.00122. The molecule has 0 saturated carbocycles. The van der Waals surface area contributed by atoms with Crippen molar-refractivity contribution in [3.63, 3.8) is 0 Å². The Hall–Kier alpha value is -2.33. The summed E-state index contributed by atoms with van der Waals surface area (Å²) in [5.74, 6) is 0.595. The molecule has 0 bridgehead atoms. The number of carbonyl (C=O) groups excluding carboxylic acids is 1. The van der Waals surface area contributed by atoms with Crippen molar-refractivity contribution in [3.8, 4) is 5.75 Å². The van der Waals surface area contributed by atoms with Crippen LogP contribution in [0, 0.1) is 0 Å². The second-order valence-electron chi connectivity index (χ2n) is 6.28. The number of benzene rings is 2. The Balaban J connectivity index is 1.83. The first-order valence-corrected chi connectivity index (χ1v) is 8.19. The summed E-state index contributed by atoms with van der Waals surface area (Å²) in [5.41, 5.74) is 2.05.